The first-order valence-electron chi connectivity index (χ1n) is 35.6. The summed E-state index contributed by atoms with van der Waals surface area (Å²) in [6.45, 7) is 8.04. The predicted molar refractivity (Wildman–Crippen MR) is 351 cm³/mol. The number of amides is 7. The zero-order chi connectivity index (χ0) is 68.0. The molecule has 2 atom stereocenters. The van der Waals surface area contributed by atoms with Gasteiger partial charge in [-0.25, -0.2) is 0 Å². The zero-order valence-electron chi connectivity index (χ0n) is 57.4. The number of rotatable bonds is 37. The van der Waals surface area contributed by atoms with Crippen LogP contribution in [0, 0.1) is 17.8 Å². The molecule has 1 aromatic heterocycles. The number of aromatic nitrogens is 1. The van der Waals surface area contributed by atoms with Crippen LogP contribution in [0.3, 0.4) is 0 Å². The lowest BCUT2D eigenvalue weighted by Gasteiger charge is -2.30. The lowest BCUT2D eigenvalue weighted by Crippen LogP contribution is -2.46. The van der Waals surface area contributed by atoms with Gasteiger partial charge in [0.05, 0.1) is 87.3 Å². The molecule has 6 aliphatic rings. The Balaban J connectivity index is 0.748. The van der Waals surface area contributed by atoms with E-state index in [0.717, 1.165) is 121 Å². The number of nitrogens with one attached hydrogen (secondary N) is 5. The van der Waals surface area contributed by atoms with Crippen LogP contribution in [0.25, 0.3) is 0 Å². The van der Waals surface area contributed by atoms with Crippen LogP contribution >= 0.6 is 0 Å². The summed E-state index contributed by atoms with van der Waals surface area (Å²) in [5, 5.41) is 14.9. The molecule has 25 heteroatoms. The number of carbonyl (C=O) groups excluding carboxylic acids is 9. The molecular weight excluding hydrogens is 1220 g/mol. The van der Waals surface area contributed by atoms with E-state index in [-0.39, 0.29) is 160 Å². The van der Waals surface area contributed by atoms with E-state index >= 15 is 0 Å². The van der Waals surface area contributed by atoms with E-state index in [0.29, 0.717) is 77.9 Å². The highest BCUT2D eigenvalue weighted by atomic mass is 16.6. The lowest BCUT2D eigenvalue weighted by atomic mass is 9.86. The number of esters is 2. The molecular formula is C70H112N8O17. The van der Waals surface area contributed by atoms with Crippen LogP contribution in [0.2, 0.25) is 0 Å². The number of nitrogens with zero attached hydrogens (tertiary/aromatic N) is 3. The third-order valence-electron chi connectivity index (χ3n) is 19.3. The predicted octanol–water partition coefficient (Wildman–Crippen LogP) is 6.02. The van der Waals surface area contributed by atoms with Crippen molar-refractivity contribution in [3.63, 3.8) is 0 Å². The first-order valence-corrected chi connectivity index (χ1v) is 35.6. The van der Waals surface area contributed by atoms with Crippen molar-refractivity contribution in [3.8, 4) is 0 Å². The maximum absolute atomic E-state index is 13.8. The van der Waals surface area contributed by atoms with Crippen molar-refractivity contribution < 1.29 is 81.0 Å². The molecule has 2 heterocycles. The Kier molecular flexibility index (Phi) is 32.8. The van der Waals surface area contributed by atoms with E-state index in [1.165, 1.54) is 12.0 Å². The molecule has 0 unspecified atom stereocenters. The minimum atomic E-state index is -0.513. The molecule has 0 bridgehead atoms. The molecule has 7 rings (SSSR count). The highest BCUT2D eigenvalue weighted by molar-refractivity contribution is 5.90. The third kappa shape index (κ3) is 27.9. The maximum atomic E-state index is 13.8. The first-order chi connectivity index (χ1) is 45.8. The van der Waals surface area contributed by atoms with Crippen LogP contribution in [0.15, 0.2) is 24.5 Å². The van der Waals surface area contributed by atoms with Gasteiger partial charge in [-0.2, -0.15) is 0 Å². The molecule has 6 fully saturated rings. The number of ether oxygens (including phenoxy) is 8. The van der Waals surface area contributed by atoms with Crippen molar-refractivity contribution in [1.82, 2.24) is 41.4 Å². The minimum absolute atomic E-state index is 0.00114. The van der Waals surface area contributed by atoms with Crippen LogP contribution in [0.5, 0.6) is 0 Å². The molecule has 0 spiro atoms. The van der Waals surface area contributed by atoms with Gasteiger partial charge < -0.3 is 74.3 Å². The summed E-state index contributed by atoms with van der Waals surface area (Å²) in [7, 11) is 3.12. The molecule has 95 heavy (non-hydrogen) atoms. The van der Waals surface area contributed by atoms with Gasteiger partial charge in [0, 0.05) is 96.7 Å². The van der Waals surface area contributed by atoms with E-state index in [1.54, 1.807) is 30.4 Å². The lowest BCUT2D eigenvalue weighted by molar-refractivity contribution is -0.161. The Morgan fingerprint density at radius 2 is 0.926 bits per heavy atom. The summed E-state index contributed by atoms with van der Waals surface area (Å²) in [6, 6.07) is 3.47. The summed E-state index contributed by atoms with van der Waals surface area (Å²) in [6.07, 6.45) is 21.8. The number of pyridine rings is 1. The summed E-state index contributed by atoms with van der Waals surface area (Å²) in [5.41, 5.74) is 0.315. The van der Waals surface area contributed by atoms with E-state index in [9.17, 15) is 43.2 Å². The van der Waals surface area contributed by atoms with Gasteiger partial charge in [0.25, 0.3) is 0 Å². The highest BCUT2D eigenvalue weighted by Gasteiger charge is 2.43. The van der Waals surface area contributed by atoms with Crippen LogP contribution in [-0.2, 0) is 81.0 Å². The Hall–Kier alpha value is -5.86. The van der Waals surface area contributed by atoms with E-state index in [1.807, 2.05) is 26.8 Å². The number of hydrogen-bond acceptors (Lipinski definition) is 18. The van der Waals surface area contributed by atoms with Crippen molar-refractivity contribution >= 4 is 53.3 Å². The van der Waals surface area contributed by atoms with Gasteiger partial charge in [0.1, 0.15) is 18.7 Å². The molecule has 5 N–H and O–H groups in total. The third-order valence-corrected chi connectivity index (χ3v) is 19.3. The average molecular weight is 1340 g/mol. The second kappa shape index (κ2) is 40.8. The zero-order valence-corrected chi connectivity index (χ0v) is 57.4. The molecule has 25 nitrogen and oxygen atoms in total. The molecule has 534 valence electrons. The second-order valence-corrected chi connectivity index (χ2v) is 27.8. The Bertz CT molecular complexity index is 2540. The van der Waals surface area contributed by atoms with Crippen molar-refractivity contribution in [3.05, 3.63) is 30.1 Å². The fraction of sp³-hybridized carbons (Fsp3) is 0.800. The number of likely N-dealkylation sites (tertiary alicyclic amines) is 1. The van der Waals surface area contributed by atoms with Crippen LogP contribution in [0.4, 0.5) is 0 Å². The topological polar surface area (TPSA) is 307 Å². The number of methoxy groups -OCH3 is 1. The SMILES string of the molecule is COC(=O)C1CCC(NC(=O)CCCOC2CCC(OCCNC(=O)CN(CC(=O)NCCOC3CCC(OCCCC(=O)NC4CCC(C(=O)OC(C)(C)C)CC4)CC3)C(=O)CCCOC3CCC(OCCNC(=O)[C@H]4CC(=O)N(C)[C@@H]4c4cccnc4)CC3)CC2)CC1. The molecule has 1 aromatic rings. The Labute approximate surface area is 562 Å². The van der Waals surface area contributed by atoms with Gasteiger partial charge >= 0.3 is 11.9 Å². The van der Waals surface area contributed by atoms with Gasteiger partial charge in [-0.15, -0.1) is 0 Å². The minimum Gasteiger partial charge on any atom is -0.469 e. The molecule has 1 aliphatic heterocycles. The normalized spacial score (nSPS) is 26.4. The molecule has 5 aliphatic carbocycles. The monoisotopic (exact) mass is 1340 g/mol. The van der Waals surface area contributed by atoms with E-state index in [4.69, 9.17) is 37.9 Å². The van der Waals surface area contributed by atoms with Crippen molar-refractivity contribution in [1.29, 1.82) is 0 Å². The average Bonchev–Trinajstić information content (AvgIpc) is 1.67. The summed E-state index contributed by atoms with van der Waals surface area (Å²) < 4.78 is 47.3. The van der Waals surface area contributed by atoms with E-state index in [2.05, 4.69) is 31.6 Å². The Morgan fingerprint density at radius 3 is 1.33 bits per heavy atom. The largest absolute Gasteiger partial charge is 0.469 e. The van der Waals surface area contributed by atoms with Crippen LogP contribution < -0.4 is 26.6 Å². The molecule has 0 radical (unpaired) electrons. The molecule has 7 amide bonds. The smallest absolute Gasteiger partial charge is 0.309 e. The maximum Gasteiger partial charge on any atom is 0.309 e. The summed E-state index contributed by atoms with van der Waals surface area (Å²) >= 11 is 0. The van der Waals surface area contributed by atoms with Gasteiger partial charge in [-0.1, -0.05) is 6.07 Å². The Morgan fingerprint density at radius 1 is 0.526 bits per heavy atom. The molecule has 5 saturated carbocycles. The van der Waals surface area contributed by atoms with Crippen molar-refractivity contribution in [2.75, 3.05) is 86.5 Å². The quantitative estimate of drug-likeness (QED) is 0.0376. The second-order valence-electron chi connectivity index (χ2n) is 27.8. The first kappa shape index (κ1) is 76.5. The molecule has 1 saturated heterocycles. The van der Waals surface area contributed by atoms with Gasteiger partial charge in [-0.05, 0) is 180 Å². The standard InChI is InChI=1S/C70H112N8O17/c1-70(2,3)95-69(87)49-16-20-52(21-17-49)76-61(80)12-8-39-90-54-24-30-57(31-25-54)93-42-36-73-63(82)47-78(46-62(81)72-35-41-92-56-28-22-53(23-29-56)89-38-7-11-60(79)75-51-18-14-48(15-19-51)68(86)88-5)64(83)13-9-40-91-55-26-32-58(33-27-55)94-43-37-74-67(85)59-44-65(84)77(4)66(59)50-10-6-34-71-45-50/h6,10,34,45,48-49,51-59,66H,7-9,11-33,35-44,46-47H2,1-5H3,(H,72,81)(H,73,82)(H,74,85)(H,75,79)(H,76,80)/t48?,49?,51?,52?,53?,54?,55?,56?,57?,58?,59-,66+/m0/s1. The fourth-order valence-electron chi connectivity index (χ4n) is 14.0. The number of carbonyl (C=O) groups is 9. The summed E-state index contributed by atoms with van der Waals surface area (Å²) in [5.74, 6) is -2.45. The number of hydrogen-bond donors (Lipinski definition) is 5. The van der Waals surface area contributed by atoms with Gasteiger partial charge in [0.15, 0.2) is 0 Å². The van der Waals surface area contributed by atoms with Crippen LogP contribution in [-0.4, -0.2) is 209 Å². The molecule has 0 aromatic carbocycles. The van der Waals surface area contributed by atoms with Gasteiger partial charge in [-0.3, -0.25) is 48.1 Å². The van der Waals surface area contributed by atoms with Crippen molar-refractivity contribution in [2.24, 2.45) is 17.8 Å². The van der Waals surface area contributed by atoms with Crippen LogP contribution in [0.1, 0.15) is 206 Å². The van der Waals surface area contributed by atoms with Crippen molar-refractivity contribution in [2.45, 2.75) is 254 Å². The van der Waals surface area contributed by atoms with E-state index < -0.39 is 23.3 Å². The highest BCUT2D eigenvalue weighted by Crippen LogP contribution is 2.37. The summed E-state index contributed by atoms with van der Waals surface area (Å²) in [4.78, 5) is 123. The van der Waals surface area contributed by atoms with Gasteiger partial charge in [0.2, 0.25) is 41.4 Å². The fourth-order valence-corrected chi connectivity index (χ4v) is 14.0.